The van der Waals surface area contributed by atoms with Gasteiger partial charge < -0.3 is 20.5 Å². The van der Waals surface area contributed by atoms with Crippen molar-refractivity contribution in [2.24, 2.45) is 5.73 Å². The zero-order chi connectivity index (χ0) is 19.6. The van der Waals surface area contributed by atoms with Crippen LogP contribution in [0, 0.1) is 0 Å². The van der Waals surface area contributed by atoms with Gasteiger partial charge in [0.25, 0.3) is 5.91 Å². The molecule has 0 unspecified atom stereocenters. The number of methoxy groups -OCH3 is 2. The van der Waals surface area contributed by atoms with E-state index in [1.165, 1.54) is 17.4 Å². The van der Waals surface area contributed by atoms with Crippen molar-refractivity contribution in [2.45, 2.75) is 19.3 Å². The van der Waals surface area contributed by atoms with Crippen LogP contribution in [0.3, 0.4) is 0 Å². The summed E-state index contributed by atoms with van der Waals surface area (Å²) in [5.41, 5.74) is 7.71. The fraction of sp³-hybridized carbons (Fsp3) is 0.263. The molecule has 142 valence electrons. The molecule has 0 aliphatic heterocycles. The first-order valence-electron chi connectivity index (χ1n) is 8.29. The lowest BCUT2D eigenvalue weighted by molar-refractivity contribution is -0.111. The van der Waals surface area contributed by atoms with Crippen LogP contribution in [0.2, 0.25) is 0 Å². The lowest BCUT2D eigenvalue weighted by Crippen LogP contribution is -2.16. The van der Waals surface area contributed by atoms with Gasteiger partial charge in [-0.15, -0.1) is 11.3 Å². The smallest absolute Gasteiger partial charge is 0.251 e. The van der Waals surface area contributed by atoms with Crippen molar-refractivity contribution in [3.8, 4) is 11.5 Å². The highest BCUT2D eigenvalue weighted by Gasteiger charge is 2.25. The van der Waals surface area contributed by atoms with Crippen LogP contribution in [0.25, 0.3) is 6.08 Å². The molecule has 2 aromatic rings. The number of hydrogen-bond donors (Lipinski definition) is 2. The SMILES string of the molecule is COc1cc(/C=C/C(=O)Nc2sc3c(c2C(N)=O)CCC3)cc(Br)c1OC. The Hall–Kier alpha value is -2.32. The molecular weight excluding hydrogens is 432 g/mol. The van der Waals surface area contributed by atoms with E-state index in [1.54, 1.807) is 26.4 Å². The van der Waals surface area contributed by atoms with Crippen molar-refractivity contribution < 1.29 is 19.1 Å². The molecule has 6 nitrogen and oxygen atoms in total. The Morgan fingerprint density at radius 2 is 2.04 bits per heavy atom. The second-order valence-electron chi connectivity index (χ2n) is 5.99. The Kier molecular flexibility index (Phi) is 5.86. The molecule has 3 rings (SSSR count). The van der Waals surface area contributed by atoms with Crippen LogP contribution in [0.5, 0.6) is 11.5 Å². The molecule has 0 bridgehead atoms. The summed E-state index contributed by atoms with van der Waals surface area (Å²) < 4.78 is 11.3. The quantitative estimate of drug-likeness (QED) is 0.655. The van der Waals surface area contributed by atoms with Gasteiger partial charge >= 0.3 is 0 Å². The molecule has 0 radical (unpaired) electrons. The van der Waals surface area contributed by atoms with Gasteiger partial charge in [0.05, 0.1) is 24.3 Å². The molecule has 3 N–H and O–H groups in total. The van der Waals surface area contributed by atoms with E-state index in [1.807, 2.05) is 6.07 Å². The van der Waals surface area contributed by atoms with Gasteiger partial charge in [0.15, 0.2) is 11.5 Å². The first kappa shape index (κ1) is 19.4. The van der Waals surface area contributed by atoms with Crippen molar-refractivity contribution in [1.29, 1.82) is 0 Å². The molecule has 0 spiro atoms. The number of nitrogens with one attached hydrogen (secondary N) is 1. The van der Waals surface area contributed by atoms with E-state index in [4.69, 9.17) is 15.2 Å². The van der Waals surface area contributed by atoms with Crippen molar-refractivity contribution in [2.75, 3.05) is 19.5 Å². The fourth-order valence-corrected chi connectivity index (χ4v) is 5.03. The fourth-order valence-electron chi connectivity index (χ4n) is 3.11. The van der Waals surface area contributed by atoms with Crippen LogP contribution in [-0.4, -0.2) is 26.0 Å². The highest BCUT2D eigenvalue weighted by atomic mass is 79.9. The van der Waals surface area contributed by atoms with E-state index in [9.17, 15) is 9.59 Å². The highest BCUT2D eigenvalue weighted by molar-refractivity contribution is 9.10. The van der Waals surface area contributed by atoms with E-state index in [0.29, 0.717) is 22.1 Å². The van der Waals surface area contributed by atoms with Gasteiger partial charge in [-0.05, 0) is 64.5 Å². The number of halogens is 1. The summed E-state index contributed by atoms with van der Waals surface area (Å²) in [7, 11) is 3.10. The second-order valence-corrected chi connectivity index (χ2v) is 7.95. The summed E-state index contributed by atoms with van der Waals surface area (Å²) in [6, 6.07) is 3.58. The number of nitrogens with two attached hydrogens (primary N) is 1. The van der Waals surface area contributed by atoms with E-state index >= 15 is 0 Å². The summed E-state index contributed by atoms with van der Waals surface area (Å²) >= 11 is 4.85. The first-order chi connectivity index (χ1) is 12.9. The third-order valence-corrected chi connectivity index (χ3v) is 6.08. The maximum Gasteiger partial charge on any atom is 0.251 e. The number of fused-ring (bicyclic) bond motifs is 1. The number of carbonyl (C=O) groups excluding carboxylic acids is 2. The van der Waals surface area contributed by atoms with Gasteiger partial charge in [-0.25, -0.2) is 0 Å². The lowest BCUT2D eigenvalue weighted by Gasteiger charge is -2.10. The number of benzene rings is 1. The minimum absolute atomic E-state index is 0.330. The molecule has 1 heterocycles. The van der Waals surface area contributed by atoms with Gasteiger partial charge in [-0.2, -0.15) is 0 Å². The third-order valence-electron chi connectivity index (χ3n) is 4.29. The lowest BCUT2D eigenvalue weighted by atomic mass is 10.1. The normalized spacial score (nSPS) is 12.9. The number of aryl methyl sites for hydroxylation is 1. The Balaban J connectivity index is 1.79. The maximum atomic E-state index is 12.3. The van der Waals surface area contributed by atoms with E-state index in [0.717, 1.165) is 39.7 Å². The molecule has 1 aromatic heterocycles. The topological polar surface area (TPSA) is 90.6 Å². The van der Waals surface area contributed by atoms with Crippen molar-refractivity contribution in [1.82, 2.24) is 0 Å². The molecule has 1 aliphatic carbocycles. The van der Waals surface area contributed by atoms with Crippen LogP contribution < -0.4 is 20.5 Å². The summed E-state index contributed by atoms with van der Waals surface area (Å²) in [6.45, 7) is 0. The third kappa shape index (κ3) is 4.01. The van der Waals surface area contributed by atoms with Crippen LogP contribution >= 0.6 is 27.3 Å². The van der Waals surface area contributed by atoms with E-state index in [2.05, 4.69) is 21.2 Å². The van der Waals surface area contributed by atoms with Gasteiger partial charge in [0.1, 0.15) is 5.00 Å². The molecule has 0 fully saturated rings. The van der Waals surface area contributed by atoms with Crippen LogP contribution in [0.4, 0.5) is 5.00 Å². The standard InChI is InChI=1S/C19H19BrN2O4S/c1-25-13-9-10(8-12(20)17(13)26-2)6-7-15(23)22-19-16(18(21)24)11-4-3-5-14(11)27-19/h6-9H,3-5H2,1-2H3,(H2,21,24)(H,22,23)/b7-6+. The summed E-state index contributed by atoms with van der Waals surface area (Å²) in [5.74, 6) is 0.303. The number of amides is 2. The molecule has 0 saturated heterocycles. The summed E-state index contributed by atoms with van der Waals surface area (Å²) in [5, 5.41) is 3.31. The number of primary amides is 1. The average Bonchev–Trinajstić information content (AvgIpc) is 3.19. The number of ether oxygens (including phenoxy) is 2. The molecule has 1 aromatic carbocycles. The molecule has 8 heteroatoms. The minimum Gasteiger partial charge on any atom is -0.493 e. The largest absolute Gasteiger partial charge is 0.493 e. The van der Waals surface area contributed by atoms with Gasteiger partial charge in [0, 0.05) is 11.0 Å². The molecule has 0 saturated carbocycles. The zero-order valence-corrected chi connectivity index (χ0v) is 17.3. The van der Waals surface area contributed by atoms with Gasteiger partial charge in [-0.1, -0.05) is 0 Å². The van der Waals surface area contributed by atoms with Crippen LogP contribution in [0.1, 0.15) is 32.8 Å². The van der Waals surface area contributed by atoms with Crippen molar-refractivity contribution in [3.05, 3.63) is 44.2 Å². The number of thiophene rings is 1. The zero-order valence-electron chi connectivity index (χ0n) is 14.9. The Labute approximate surface area is 169 Å². The van der Waals surface area contributed by atoms with E-state index in [-0.39, 0.29) is 5.91 Å². The summed E-state index contributed by atoms with van der Waals surface area (Å²) in [6.07, 6.45) is 5.83. The number of carbonyl (C=O) groups is 2. The number of anilines is 1. The summed E-state index contributed by atoms with van der Waals surface area (Å²) in [4.78, 5) is 25.3. The van der Waals surface area contributed by atoms with Gasteiger partial charge in [-0.3, -0.25) is 9.59 Å². The predicted octanol–water partition coefficient (Wildman–Crippen LogP) is 3.77. The Morgan fingerprint density at radius 1 is 1.26 bits per heavy atom. The molecular formula is C19H19BrN2O4S. The average molecular weight is 451 g/mol. The monoisotopic (exact) mass is 450 g/mol. The maximum absolute atomic E-state index is 12.3. The van der Waals surface area contributed by atoms with E-state index < -0.39 is 5.91 Å². The Morgan fingerprint density at radius 3 is 2.70 bits per heavy atom. The molecule has 0 atom stereocenters. The molecule has 1 aliphatic rings. The Bertz CT molecular complexity index is 936. The number of rotatable bonds is 6. The van der Waals surface area contributed by atoms with Crippen molar-refractivity contribution in [3.63, 3.8) is 0 Å². The predicted molar refractivity (Wildman–Crippen MR) is 110 cm³/mol. The molecule has 2 amide bonds. The first-order valence-corrected chi connectivity index (χ1v) is 9.90. The second kappa shape index (κ2) is 8.14. The highest BCUT2D eigenvalue weighted by Crippen LogP contribution is 2.39. The van der Waals surface area contributed by atoms with Gasteiger partial charge in [0.2, 0.25) is 5.91 Å². The number of hydrogen-bond acceptors (Lipinski definition) is 5. The van der Waals surface area contributed by atoms with Crippen molar-refractivity contribution >= 4 is 50.2 Å². The van der Waals surface area contributed by atoms with Crippen LogP contribution in [0.15, 0.2) is 22.7 Å². The molecule has 27 heavy (non-hydrogen) atoms. The van der Waals surface area contributed by atoms with Crippen LogP contribution in [-0.2, 0) is 17.6 Å². The minimum atomic E-state index is -0.502.